The van der Waals surface area contributed by atoms with Crippen molar-refractivity contribution in [2.45, 2.75) is 6.18 Å². The van der Waals surface area contributed by atoms with E-state index in [2.05, 4.69) is 20.4 Å². The SMILES string of the molecule is CN(C)CCNC(=O)c1cc2c(N3CCOCC3)nc(-c3cnc(N)cc3C(F)(F)F)nn2c1. The molecule has 1 amide bonds. The molecule has 0 unspecified atom stereocenters. The van der Waals surface area contributed by atoms with Gasteiger partial charge in [-0.25, -0.2) is 14.5 Å². The van der Waals surface area contributed by atoms with Gasteiger partial charge in [0.25, 0.3) is 5.91 Å². The lowest BCUT2D eigenvalue weighted by Gasteiger charge is -2.28. The first kappa shape index (κ1) is 23.7. The van der Waals surface area contributed by atoms with Crippen LogP contribution < -0.4 is 16.0 Å². The van der Waals surface area contributed by atoms with Crippen molar-refractivity contribution >= 4 is 23.1 Å². The predicted octanol–water partition coefficient (Wildman–Crippen LogP) is 1.52. The Labute approximate surface area is 193 Å². The van der Waals surface area contributed by atoms with Crippen molar-refractivity contribution in [3.63, 3.8) is 0 Å². The zero-order valence-corrected chi connectivity index (χ0v) is 18.8. The highest BCUT2D eigenvalue weighted by atomic mass is 19.4. The van der Waals surface area contributed by atoms with Gasteiger partial charge in [-0.05, 0) is 26.2 Å². The summed E-state index contributed by atoms with van der Waals surface area (Å²) in [5.74, 6) is -0.343. The summed E-state index contributed by atoms with van der Waals surface area (Å²) in [6.45, 7) is 2.98. The van der Waals surface area contributed by atoms with Gasteiger partial charge in [0.05, 0.1) is 29.9 Å². The second-order valence-electron chi connectivity index (χ2n) is 8.13. The number of morpholine rings is 1. The average Bonchev–Trinajstić information content (AvgIpc) is 3.22. The summed E-state index contributed by atoms with van der Waals surface area (Å²) in [4.78, 5) is 24.8. The van der Waals surface area contributed by atoms with E-state index < -0.39 is 11.7 Å². The van der Waals surface area contributed by atoms with Gasteiger partial charge in [0.2, 0.25) is 0 Å². The van der Waals surface area contributed by atoms with Gasteiger partial charge in [-0.3, -0.25) is 4.79 Å². The maximum Gasteiger partial charge on any atom is 0.417 e. The molecule has 3 N–H and O–H groups in total. The van der Waals surface area contributed by atoms with Crippen LogP contribution in [0.25, 0.3) is 16.9 Å². The van der Waals surface area contributed by atoms with Crippen LogP contribution in [0.15, 0.2) is 24.5 Å². The summed E-state index contributed by atoms with van der Waals surface area (Å²) in [5, 5.41) is 7.12. The molecule has 3 aromatic heterocycles. The molecule has 1 fully saturated rings. The summed E-state index contributed by atoms with van der Waals surface area (Å²) >= 11 is 0. The van der Waals surface area contributed by atoms with Crippen LogP contribution in [-0.4, -0.2) is 83.9 Å². The Morgan fingerprint density at radius 3 is 2.68 bits per heavy atom. The molecule has 0 spiro atoms. The molecule has 1 aliphatic rings. The number of nitrogens with zero attached hydrogens (tertiary/aromatic N) is 6. The Kier molecular flexibility index (Phi) is 6.57. The number of rotatable bonds is 6. The minimum Gasteiger partial charge on any atom is -0.384 e. The summed E-state index contributed by atoms with van der Waals surface area (Å²) < 4.78 is 48.0. The maximum absolute atomic E-state index is 13.7. The van der Waals surface area contributed by atoms with Gasteiger partial charge in [-0.1, -0.05) is 0 Å². The monoisotopic (exact) mass is 478 g/mol. The molecule has 4 rings (SSSR count). The Bertz CT molecular complexity index is 1190. The summed E-state index contributed by atoms with van der Waals surface area (Å²) in [5.41, 5.74) is 5.05. The van der Waals surface area contributed by atoms with Crippen molar-refractivity contribution < 1.29 is 22.7 Å². The first-order valence-electron chi connectivity index (χ1n) is 10.6. The van der Waals surface area contributed by atoms with E-state index >= 15 is 0 Å². The molecule has 0 aliphatic carbocycles. The lowest BCUT2D eigenvalue weighted by molar-refractivity contribution is -0.137. The molecule has 0 aromatic carbocycles. The molecule has 4 heterocycles. The van der Waals surface area contributed by atoms with Crippen molar-refractivity contribution in [3.8, 4) is 11.4 Å². The zero-order chi connectivity index (χ0) is 24.5. The number of alkyl halides is 3. The molecule has 182 valence electrons. The van der Waals surface area contributed by atoms with E-state index in [4.69, 9.17) is 10.5 Å². The van der Waals surface area contributed by atoms with Gasteiger partial charge < -0.3 is 25.6 Å². The number of amides is 1. The molecule has 0 radical (unpaired) electrons. The van der Waals surface area contributed by atoms with Crippen molar-refractivity contribution in [1.82, 2.24) is 29.8 Å². The lowest BCUT2D eigenvalue weighted by Crippen LogP contribution is -2.37. The number of likely N-dealkylation sites (N-methyl/N-ethyl adjacent to an activating group) is 1. The highest BCUT2D eigenvalue weighted by molar-refractivity contribution is 5.96. The molecule has 1 aliphatic heterocycles. The number of nitrogen functional groups attached to an aromatic ring is 1. The van der Waals surface area contributed by atoms with Crippen LogP contribution in [0.1, 0.15) is 15.9 Å². The lowest BCUT2D eigenvalue weighted by atomic mass is 10.1. The molecular weight excluding hydrogens is 453 g/mol. The Balaban J connectivity index is 1.81. The van der Waals surface area contributed by atoms with Gasteiger partial charge in [-0.2, -0.15) is 13.2 Å². The molecule has 3 aromatic rings. The van der Waals surface area contributed by atoms with Crippen LogP contribution in [0.4, 0.5) is 24.8 Å². The van der Waals surface area contributed by atoms with Crippen LogP contribution in [0.5, 0.6) is 0 Å². The number of nitrogens with two attached hydrogens (primary N) is 1. The molecule has 10 nitrogen and oxygen atoms in total. The molecule has 13 heteroatoms. The fraction of sp³-hybridized carbons (Fsp3) is 0.429. The molecule has 34 heavy (non-hydrogen) atoms. The number of ether oxygens (including phenoxy) is 1. The summed E-state index contributed by atoms with van der Waals surface area (Å²) in [6, 6.07) is 2.39. The van der Waals surface area contributed by atoms with E-state index in [0.717, 1.165) is 12.3 Å². The van der Waals surface area contributed by atoms with Crippen molar-refractivity contribution in [3.05, 3.63) is 35.7 Å². The third kappa shape index (κ3) is 5.04. The number of nitrogens with one attached hydrogen (secondary N) is 1. The number of aromatic nitrogens is 4. The van der Waals surface area contributed by atoms with E-state index in [1.54, 1.807) is 6.07 Å². The third-order valence-electron chi connectivity index (χ3n) is 5.33. The third-order valence-corrected chi connectivity index (χ3v) is 5.33. The number of hydrogen-bond donors (Lipinski definition) is 2. The van der Waals surface area contributed by atoms with Gasteiger partial charge in [0.15, 0.2) is 11.6 Å². The zero-order valence-electron chi connectivity index (χ0n) is 18.8. The maximum atomic E-state index is 13.7. The number of anilines is 2. The second kappa shape index (κ2) is 9.43. The summed E-state index contributed by atoms with van der Waals surface area (Å²) in [7, 11) is 3.79. The van der Waals surface area contributed by atoms with Crippen molar-refractivity contribution in [1.29, 1.82) is 0 Å². The summed E-state index contributed by atoms with van der Waals surface area (Å²) in [6.07, 6.45) is -2.19. The second-order valence-corrected chi connectivity index (χ2v) is 8.13. The molecule has 1 saturated heterocycles. The first-order chi connectivity index (χ1) is 16.1. The molecule has 0 atom stereocenters. The van der Waals surface area contributed by atoms with Crippen LogP contribution in [-0.2, 0) is 10.9 Å². The quantitative estimate of drug-likeness (QED) is 0.548. The number of hydrogen-bond acceptors (Lipinski definition) is 8. The van der Waals surface area contributed by atoms with E-state index in [-0.39, 0.29) is 23.1 Å². The smallest absolute Gasteiger partial charge is 0.384 e. The highest BCUT2D eigenvalue weighted by Crippen LogP contribution is 2.37. The normalized spacial score (nSPS) is 14.7. The number of carbonyl (C=O) groups is 1. The number of halogens is 3. The van der Waals surface area contributed by atoms with Crippen LogP contribution in [0.2, 0.25) is 0 Å². The van der Waals surface area contributed by atoms with Gasteiger partial charge in [-0.15, -0.1) is 5.10 Å². The van der Waals surface area contributed by atoms with Crippen LogP contribution in [0.3, 0.4) is 0 Å². The van der Waals surface area contributed by atoms with E-state index in [0.29, 0.717) is 56.3 Å². The van der Waals surface area contributed by atoms with Crippen LogP contribution >= 0.6 is 0 Å². The topological polar surface area (TPSA) is 114 Å². The van der Waals surface area contributed by atoms with E-state index in [1.165, 1.54) is 10.7 Å². The van der Waals surface area contributed by atoms with Gasteiger partial charge in [0, 0.05) is 38.6 Å². The average molecular weight is 478 g/mol. The van der Waals surface area contributed by atoms with E-state index in [1.807, 2.05) is 23.9 Å². The first-order valence-corrected chi connectivity index (χ1v) is 10.6. The van der Waals surface area contributed by atoms with Crippen LogP contribution in [0, 0.1) is 0 Å². The number of pyridine rings is 1. The molecule has 0 bridgehead atoms. The fourth-order valence-corrected chi connectivity index (χ4v) is 3.61. The Hall–Kier alpha value is -3.45. The van der Waals surface area contributed by atoms with Gasteiger partial charge in [0.1, 0.15) is 11.3 Å². The Morgan fingerprint density at radius 1 is 1.26 bits per heavy atom. The fourth-order valence-electron chi connectivity index (χ4n) is 3.61. The van der Waals surface area contributed by atoms with Crippen molar-refractivity contribution in [2.75, 3.05) is 64.1 Å². The number of carbonyl (C=O) groups excluding carboxylic acids is 1. The number of fused-ring (bicyclic) bond motifs is 1. The molecular formula is C21H25F3N8O2. The standard InChI is InChI=1S/C21H25F3N8O2/c1-30(2)4-3-26-20(33)13-9-16-19(31-5-7-34-8-6-31)28-18(29-32(16)12-13)14-11-27-17(25)10-15(14)21(22,23)24/h9-12H,3-8H2,1-2H3,(H2,25,27)(H,26,33). The highest BCUT2D eigenvalue weighted by Gasteiger charge is 2.35. The minimum atomic E-state index is -4.68. The van der Waals surface area contributed by atoms with Gasteiger partial charge >= 0.3 is 6.18 Å². The predicted molar refractivity (Wildman–Crippen MR) is 120 cm³/mol. The van der Waals surface area contributed by atoms with E-state index in [9.17, 15) is 18.0 Å². The largest absolute Gasteiger partial charge is 0.417 e. The Morgan fingerprint density at radius 2 is 2.00 bits per heavy atom. The van der Waals surface area contributed by atoms with Crippen molar-refractivity contribution in [2.24, 2.45) is 0 Å². The minimum absolute atomic E-state index is 0.177. The molecule has 0 saturated carbocycles.